The number of carbonyl (C=O) groups is 4. The monoisotopic (exact) mass is 455 g/mol. The third-order valence-corrected chi connectivity index (χ3v) is 4.77. The van der Waals surface area contributed by atoms with Gasteiger partial charge in [0, 0.05) is 37.9 Å². The Morgan fingerprint density at radius 2 is 1.45 bits per heavy atom. The average Bonchev–Trinajstić information content (AvgIpc) is 2.83. The molecule has 0 bridgehead atoms. The molecule has 0 aromatic heterocycles. The number of amides is 3. The molecule has 0 heterocycles. The lowest BCUT2D eigenvalue weighted by Crippen LogP contribution is -2.44. The highest BCUT2D eigenvalue weighted by atomic mass is 16.5. The molecule has 176 valence electrons. The molecule has 0 saturated carbocycles. The first kappa shape index (κ1) is 25.4. The van der Waals surface area contributed by atoms with E-state index in [0.29, 0.717) is 17.7 Å². The summed E-state index contributed by atoms with van der Waals surface area (Å²) in [6.07, 6.45) is 0.383. The minimum absolute atomic E-state index is 0.00618. The molecule has 0 radical (unpaired) electrons. The summed E-state index contributed by atoms with van der Waals surface area (Å²) in [5, 5.41) is 7.93. The molecule has 2 rings (SSSR count). The zero-order valence-electron chi connectivity index (χ0n) is 18.8. The summed E-state index contributed by atoms with van der Waals surface area (Å²) in [7, 11) is 2.81. The van der Waals surface area contributed by atoms with Gasteiger partial charge in [0.2, 0.25) is 11.8 Å². The summed E-state index contributed by atoms with van der Waals surface area (Å²) in [5.74, 6) is -0.866. The van der Waals surface area contributed by atoms with E-state index in [0.717, 1.165) is 5.56 Å². The van der Waals surface area contributed by atoms with Crippen LogP contribution in [0.25, 0.3) is 0 Å². The molecular formula is C24H29N3O6. The number of esters is 1. The van der Waals surface area contributed by atoms with E-state index < -0.39 is 12.0 Å². The molecule has 0 spiro atoms. The molecule has 2 aromatic carbocycles. The van der Waals surface area contributed by atoms with Crippen molar-refractivity contribution >= 4 is 23.7 Å². The van der Waals surface area contributed by atoms with Gasteiger partial charge >= 0.3 is 5.97 Å². The van der Waals surface area contributed by atoms with Gasteiger partial charge in [-0.3, -0.25) is 14.4 Å². The Labute approximate surface area is 192 Å². The van der Waals surface area contributed by atoms with Crippen molar-refractivity contribution in [3.8, 4) is 5.75 Å². The first-order valence-corrected chi connectivity index (χ1v) is 10.5. The molecule has 0 aliphatic heterocycles. The van der Waals surface area contributed by atoms with Gasteiger partial charge in [0.1, 0.15) is 11.8 Å². The summed E-state index contributed by atoms with van der Waals surface area (Å²) in [6, 6.07) is 15.1. The van der Waals surface area contributed by atoms with E-state index in [2.05, 4.69) is 16.0 Å². The van der Waals surface area contributed by atoms with E-state index in [1.54, 1.807) is 31.4 Å². The highest BCUT2D eigenvalue weighted by Crippen LogP contribution is 2.11. The molecule has 0 fully saturated rings. The number of carbonyl (C=O) groups excluding carboxylic acids is 4. The van der Waals surface area contributed by atoms with E-state index in [1.807, 2.05) is 30.3 Å². The van der Waals surface area contributed by atoms with Gasteiger partial charge in [0.15, 0.2) is 0 Å². The molecule has 0 unspecified atom stereocenters. The minimum Gasteiger partial charge on any atom is -0.497 e. The molecule has 1 atom stereocenters. The number of methoxy groups -OCH3 is 2. The molecule has 2 aromatic rings. The maximum Gasteiger partial charge on any atom is 0.328 e. The topological polar surface area (TPSA) is 123 Å². The number of ether oxygens (including phenoxy) is 2. The van der Waals surface area contributed by atoms with Crippen molar-refractivity contribution in [2.75, 3.05) is 27.3 Å². The van der Waals surface area contributed by atoms with Gasteiger partial charge in [-0.1, -0.05) is 30.3 Å². The van der Waals surface area contributed by atoms with Gasteiger partial charge in [-0.2, -0.15) is 0 Å². The fraction of sp³-hybridized carbons (Fsp3) is 0.333. The lowest BCUT2D eigenvalue weighted by molar-refractivity contribution is -0.145. The van der Waals surface area contributed by atoms with Crippen molar-refractivity contribution in [3.05, 3.63) is 65.7 Å². The first-order valence-electron chi connectivity index (χ1n) is 10.5. The van der Waals surface area contributed by atoms with Crippen molar-refractivity contribution in [2.24, 2.45) is 0 Å². The van der Waals surface area contributed by atoms with Crippen molar-refractivity contribution in [2.45, 2.75) is 25.3 Å². The van der Waals surface area contributed by atoms with Crippen LogP contribution in [0.15, 0.2) is 54.6 Å². The van der Waals surface area contributed by atoms with Crippen LogP contribution in [0.2, 0.25) is 0 Å². The van der Waals surface area contributed by atoms with Crippen LogP contribution in [0.5, 0.6) is 5.75 Å². The number of hydrogen-bond donors (Lipinski definition) is 3. The van der Waals surface area contributed by atoms with Crippen molar-refractivity contribution in [1.29, 1.82) is 0 Å². The highest BCUT2D eigenvalue weighted by Gasteiger charge is 2.21. The summed E-state index contributed by atoms with van der Waals surface area (Å²) in [6.45, 7) is 0.265. The second-order valence-electron chi connectivity index (χ2n) is 7.17. The fourth-order valence-corrected chi connectivity index (χ4v) is 2.99. The van der Waals surface area contributed by atoms with E-state index in [9.17, 15) is 19.2 Å². The minimum atomic E-state index is -0.811. The Morgan fingerprint density at radius 3 is 2.09 bits per heavy atom. The highest BCUT2D eigenvalue weighted by molar-refractivity contribution is 5.94. The Kier molecular flexibility index (Phi) is 10.4. The predicted molar refractivity (Wildman–Crippen MR) is 122 cm³/mol. The van der Waals surface area contributed by atoms with Crippen LogP contribution in [-0.4, -0.2) is 57.0 Å². The average molecular weight is 456 g/mol. The molecule has 9 nitrogen and oxygen atoms in total. The summed E-state index contributed by atoms with van der Waals surface area (Å²) in [5.41, 5.74) is 1.35. The van der Waals surface area contributed by atoms with E-state index in [1.165, 1.54) is 7.11 Å². The van der Waals surface area contributed by atoms with Crippen molar-refractivity contribution in [1.82, 2.24) is 16.0 Å². The lowest BCUT2D eigenvalue weighted by atomic mass is 10.1. The standard InChI is InChI=1S/C24H29N3O6/c1-32-19-10-8-18(9-11-19)23(30)26-15-12-21(28)25-14-13-22(29)27-20(24(31)33-2)16-17-6-4-3-5-7-17/h3-11,20H,12-16H2,1-2H3,(H,25,28)(H,26,30)(H,27,29)/t20-/m0/s1. The molecule has 3 amide bonds. The number of hydrogen-bond acceptors (Lipinski definition) is 6. The Balaban J connectivity index is 1.68. The van der Waals surface area contributed by atoms with Gasteiger partial charge in [-0.15, -0.1) is 0 Å². The maximum absolute atomic E-state index is 12.2. The zero-order valence-corrected chi connectivity index (χ0v) is 18.8. The number of rotatable bonds is 12. The molecule has 33 heavy (non-hydrogen) atoms. The van der Waals surface area contributed by atoms with E-state index >= 15 is 0 Å². The Morgan fingerprint density at radius 1 is 0.818 bits per heavy atom. The van der Waals surface area contributed by atoms with Crippen molar-refractivity contribution < 1.29 is 28.7 Å². The van der Waals surface area contributed by atoms with Crippen LogP contribution in [0.4, 0.5) is 0 Å². The third-order valence-electron chi connectivity index (χ3n) is 4.77. The second-order valence-corrected chi connectivity index (χ2v) is 7.17. The zero-order chi connectivity index (χ0) is 24.1. The third kappa shape index (κ3) is 9.02. The van der Waals surface area contributed by atoms with Crippen LogP contribution in [0.1, 0.15) is 28.8 Å². The van der Waals surface area contributed by atoms with Crippen LogP contribution >= 0.6 is 0 Å². The quantitative estimate of drug-likeness (QED) is 0.414. The van der Waals surface area contributed by atoms with Gasteiger partial charge in [0.05, 0.1) is 14.2 Å². The summed E-state index contributed by atoms with van der Waals surface area (Å²) < 4.78 is 9.82. The van der Waals surface area contributed by atoms with Crippen LogP contribution < -0.4 is 20.7 Å². The molecule has 0 aliphatic rings. The van der Waals surface area contributed by atoms with Crippen LogP contribution in [0, 0.1) is 0 Å². The summed E-state index contributed by atoms with van der Waals surface area (Å²) >= 11 is 0. The van der Waals surface area contributed by atoms with E-state index in [-0.39, 0.29) is 43.7 Å². The smallest absolute Gasteiger partial charge is 0.328 e. The molecule has 9 heteroatoms. The lowest BCUT2D eigenvalue weighted by Gasteiger charge is -2.16. The Hall–Kier alpha value is -3.88. The van der Waals surface area contributed by atoms with Gasteiger partial charge < -0.3 is 25.4 Å². The number of nitrogens with one attached hydrogen (secondary N) is 3. The maximum atomic E-state index is 12.2. The summed E-state index contributed by atoms with van der Waals surface area (Å²) in [4.78, 5) is 48.2. The van der Waals surface area contributed by atoms with Crippen LogP contribution in [0.3, 0.4) is 0 Å². The second kappa shape index (κ2) is 13.5. The molecular weight excluding hydrogens is 426 g/mol. The molecule has 0 saturated heterocycles. The Bertz CT molecular complexity index is 931. The first-order chi connectivity index (χ1) is 15.9. The normalized spacial score (nSPS) is 11.1. The number of benzene rings is 2. The van der Waals surface area contributed by atoms with Crippen LogP contribution in [-0.2, 0) is 25.5 Å². The largest absolute Gasteiger partial charge is 0.497 e. The van der Waals surface area contributed by atoms with Crippen molar-refractivity contribution in [3.63, 3.8) is 0 Å². The predicted octanol–water partition coefficient (Wildman–Crippen LogP) is 1.22. The van der Waals surface area contributed by atoms with E-state index in [4.69, 9.17) is 9.47 Å². The van der Waals surface area contributed by atoms with Gasteiger partial charge in [0.25, 0.3) is 5.91 Å². The molecule has 0 aliphatic carbocycles. The van der Waals surface area contributed by atoms with Gasteiger partial charge in [-0.05, 0) is 29.8 Å². The van der Waals surface area contributed by atoms with Gasteiger partial charge in [-0.25, -0.2) is 4.79 Å². The fourth-order valence-electron chi connectivity index (χ4n) is 2.99. The SMILES string of the molecule is COC(=O)[C@H](Cc1ccccc1)NC(=O)CCNC(=O)CCNC(=O)c1ccc(OC)cc1. The molecule has 3 N–H and O–H groups in total.